The Kier molecular flexibility index (Phi) is 5.49. The van der Waals surface area contributed by atoms with Crippen LogP contribution in [0.4, 0.5) is 5.69 Å². The third-order valence-corrected chi connectivity index (χ3v) is 5.10. The van der Waals surface area contributed by atoms with Crippen LogP contribution in [0.5, 0.6) is 0 Å². The van der Waals surface area contributed by atoms with Crippen molar-refractivity contribution in [2.75, 3.05) is 11.2 Å². The first kappa shape index (κ1) is 18.3. The number of hydrogen-bond acceptors (Lipinski definition) is 5. The highest BCUT2D eigenvalue weighted by atomic mass is 35.5. The van der Waals surface area contributed by atoms with Gasteiger partial charge in [-0.1, -0.05) is 47.6 Å². The number of nitrogen functional groups attached to an aromatic ring is 1. The van der Waals surface area contributed by atoms with Crippen LogP contribution in [0.3, 0.4) is 0 Å². The van der Waals surface area contributed by atoms with Crippen LogP contribution in [0.1, 0.15) is 12.5 Å². The Morgan fingerprint density at radius 2 is 2.00 bits per heavy atom. The van der Waals surface area contributed by atoms with Crippen molar-refractivity contribution >= 4 is 35.0 Å². The second-order valence-electron chi connectivity index (χ2n) is 5.77. The van der Waals surface area contributed by atoms with Gasteiger partial charge < -0.3 is 11.2 Å². The molecule has 0 unspecified atom stereocenters. The fraction of sp³-hybridized carbons (Fsp3) is 0.167. The van der Waals surface area contributed by atoms with Gasteiger partial charge in [-0.3, -0.25) is 4.79 Å². The van der Waals surface area contributed by atoms with Gasteiger partial charge in [0.05, 0.1) is 10.3 Å². The molecule has 6 nitrogen and oxygen atoms in total. The van der Waals surface area contributed by atoms with Gasteiger partial charge in [-0.05, 0) is 43.7 Å². The number of amides is 1. The minimum Gasteiger partial charge on any atom is -0.335 e. The highest BCUT2D eigenvalue weighted by molar-refractivity contribution is 8.00. The summed E-state index contributed by atoms with van der Waals surface area (Å²) >= 11 is 7.42. The maximum atomic E-state index is 12.4. The number of halogens is 1. The maximum Gasteiger partial charge on any atom is 0.237 e. The van der Waals surface area contributed by atoms with E-state index in [1.807, 2.05) is 49.4 Å². The predicted molar refractivity (Wildman–Crippen MR) is 106 cm³/mol. The van der Waals surface area contributed by atoms with Crippen molar-refractivity contribution in [1.29, 1.82) is 0 Å². The lowest BCUT2D eigenvalue weighted by Crippen LogP contribution is -2.23. The predicted octanol–water partition coefficient (Wildman–Crippen LogP) is 3.74. The quantitative estimate of drug-likeness (QED) is 0.514. The summed E-state index contributed by atoms with van der Waals surface area (Å²) in [7, 11) is 0. The van der Waals surface area contributed by atoms with Gasteiger partial charge in [0.15, 0.2) is 5.82 Å². The number of aromatic nitrogens is 3. The zero-order chi connectivity index (χ0) is 18.7. The van der Waals surface area contributed by atoms with Crippen LogP contribution in [-0.4, -0.2) is 26.0 Å². The molecule has 0 aliphatic rings. The summed E-state index contributed by atoms with van der Waals surface area (Å²) < 4.78 is 1.35. The molecule has 0 aliphatic carbocycles. The van der Waals surface area contributed by atoms with Crippen LogP contribution in [-0.2, 0) is 4.79 Å². The average Bonchev–Trinajstić information content (AvgIpc) is 2.96. The van der Waals surface area contributed by atoms with Crippen molar-refractivity contribution < 1.29 is 4.79 Å². The highest BCUT2D eigenvalue weighted by Crippen LogP contribution is 2.29. The molecule has 0 spiro atoms. The van der Waals surface area contributed by atoms with Crippen LogP contribution in [0.15, 0.2) is 53.7 Å². The summed E-state index contributed by atoms with van der Waals surface area (Å²) in [6.07, 6.45) is 0. The highest BCUT2D eigenvalue weighted by Gasteiger charge is 2.20. The Bertz CT molecular complexity index is 943. The molecule has 0 radical (unpaired) electrons. The van der Waals surface area contributed by atoms with Crippen LogP contribution in [0, 0.1) is 6.92 Å². The molecule has 0 saturated carbocycles. The minimum atomic E-state index is -0.402. The van der Waals surface area contributed by atoms with Gasteiger partial charge in [0.25, 0.3) is 0 Å². The summed E-state index contributed by atoms with van der Waals surface area (Å²) in [6.45, 7) is 3.76. The molecule has 3 rings (SSSR count). The smallest absolute Gasteiger partial charge is 0.237 e. The van der Waals surface area contributed by atoms with E-state index < -0.39 is 5.25 Å². The molecule has 1 amide bonds. The number of nitrogens with zero attached hydrogens (tertiary/aromatic N) is 3. The van der Waals surface area contributed by atoms with E-state index in [0.29, 0.717) is 21.6 Å². The SMILES string of the molecule is Cc1cccc(NC(=O)[C@H](C)Sc2nnc(-c3ccccc3Cl)n2N)c1. The second kappa shape index (κ2) is 7.80. The summed E-state index contributed by atoms with van der Waals surface area (Å²) in [5.41, 5.74) is 2.52. The number of carbonyl (C=O) groups is 1. The van der Waals surface area contributed by atoms with Crippen LogP contribution < -0.4 is 11.2 Å². The zero-order valence-electron chi connectivity index (χ0n) is 14.3. The fourth-order valence-corrected chi connectivity index (χ4v) is 3.35. The van der Waals surface area contributed by atoms with E-state index in [4.69, 9.17) is 17.4 Å². The molecule has 2 aromatic carbocycles. The van der Waals surface area contributed by atoms with E-state index >= 15 is 0 Å². The van der Waals surface area contributed by atoms with Gasteiger partial charge in [0.2, 0.25) is 11.1 Å². The molecule has 1 aromatic heterocycles. The molecule has 0 bridgehead atoms. The number of nitrogens with one attached hydrogen (secondary N) is 1. The third kappa shape index (κ3) is 4.00. The Hall–Kier alpha value is -2.51. The number of anilines is 1. The maximum absolute atomic E-state index is 12.4. The van der Waals surface area contributed by atoms with Crippen molar-refractivity contribution in [1.82, 2.24) is 14.9 Å². The molecule has 134 valence electrons. The van der Waals surface area contributed by atoms with E-state index in [0.717, 1.165) is 11.3 Å². The van der Waals surface area contributed by atoms with Crippen molar-refractivity contribution in [2.45, 2.75) is 24.3 Å². The normalized spacial score (nSPS) is 12.0. The Labute approximate surface area is 160 Å². The third-order valence-electron chi connectivity index (χ3n) is 3.72. The number of hydrogen-bond donors (Lipinski definition) is 2. The van der Waals surface area contributed by atoms with Crippen molar-refractivity contribution in [3.8, 4) is 11.4 Å². The molecule has 0 saturated heterocycles. The largest absolute Gasteiger partial charge is 0.335 e. The van der Waals surface area contributed by atoms with Gasteiger partial charge in [-0.2, -0.15) is 0 Å². The number of benzene rings is 2. The Morgan fingerprint density at radius 1 is 1.23 bits per heavy atom. The molecular formula is C18H18ClN5OS. The fourth-order valence-electron chi connectivity index (χ4n) is 2.36. The first-order valence-electron chi connectivity index (χ1n) is 7.95. The van der Waals surface area contributed by atoms with Gasteiger partial charge in [-0.25, -0.2) is 4.68 Å². The van der Waals surface area contributed by atoms with E-state index in [9.17, 15) is 4.79 Å². The van der Waals surface area contributed by atoms with Crippen LogP contribution >= 0.6 is 23.4 Å². The molecule has 26 heavy (non-hydrogen) atoms. The molecule has 1 atom stereocenters. The Balaban J connectivity index is 1.73. The number of carbonyl (C=O) groups excluding carboxylic acids is 1. The summed E-state index contributed by atoms with van der Waals surface area (Å²) in [4.78, 5) is 12.4. The standard InChI is InChI=1S/C18H18ClN5OS/c1-11-6-5-7-13(10-11)21-17(25)12(2)26-18-23-22-16(24(18)20)14-8-3-4-9-15(14)19/h3-10,12H,20H2,1-2H3,(H,21,25)/t12-/m0/s1. The summed E-state index contributed by atoms with van der Waals surface area (Å²) in [5.74, 6) is 6.42. The minimum absolute atomic E-state index is 0.136. The number of thioether (sulfide) groups is 1. The van der Waals surface area contributed by atoms with Crippen LogP contribution in [0.25, 0.3) is 11.4 Å². The molecule has 3 aromatic rings. The van der Waals surface area contributed by atoms with Gasteiger partial charge in [-0.15, -0.1) is 10.2 Å². The van der Waals surface area contributed by atoms with E-state index in [1.165, 1.54) is 16.4 Å². The molecule has 3 N–H and O–H groups in total. The first-order valence-corrected chi connectivity index (χ1v) is 9.21. The van der Waals surface area contributed by atoms with Gasteiger partial charge in [0, 0.05) is 11.3 Å². The Morgan fingerprint density at radius 3 is 2.73 bits per heavy atom. The van der Waals surface area contributed by atoms with Gasteiger partial charge >= 0.3 is 0 Å². The number of nitrogens with two attached hydrogens (primary N) is 1. The lowest BCUT2D eigenvalue weighted by atomic mass is 10.2. The second-order valence-corrected chi connectivity index (χ2v) is 7.49. The monoisotopic (exact) mass is 387 g/mol. The molecule has 0 aliphatic heterocycles. The van der Waals surface area contributed by atoms with Crippen molar-refractivity contribution in [2.24, 2.45) is 0 Å². The lowest BCUT2D eigenvalue weighted by molar-refractivity contribution is -0.115. The first-order chi connectivity index (χ1) is 12.5. The topological polar surface area (TPSA) is 85.8 Å². The van der Waals surface area contributed by atoms with E-state index in [-0.39, 0.29) is 5.91 Å². The number of rotatable bonds is 5. The molecule has 8 heteroatoms. The lowest BCUT2D eigenvalue weighted by Gasteiger charge is -2.12. The van der Waals surface area contributed by atoms with E-state index in [2.05, 4.69) is 15.5 Å². The van der Waals surface area contributed by atoms with Gasteiger partial charge in [0.1, 0.15) is 0 Å². The van der Waals surface area contributed by atoms with E-state index in [1.54, 1.807) is 13.0 Å². The van der Waals surface area contributed by atoms with Crippen LogP contribution in [0.2, 0.25) is 5.02 Å². The van der Waals surface area contributed by atoms with Crippen molar-refractivity contribution in [3.05, 3.63) is 59.1 Å². The molecular weight excluding hydrogens is 370 g/mol. The molecule has 1 heterocycles. The summed E-state index contributed by atoms with van der Waals surface area (Å²) in [5, 5.41) is 11.7. The molecule has 0 fully saturated rings. The average molecular weight is 388 g/mol. The van der Waals surface area contributed by atoms with Crippen molar-refractivity contribution in [3.63, 3.8) is 0 Å². The number of aryl methyl sites for hydroxylation is 1. The summed E-state index contributed by atoms with van der Waals surface area (Å²) in [6, 6.07) is 14.9. The zero-order valence-corrected chi connectivity index (χ0v) is 15.9.